The number of rotatable bonds is 7. The van der Waals surface area contributed by atoms with Gasteiger partial charge in [0.2, 0.25) is 0 Å². The highest BCUT2D eigenvalue weighted by Gasteiger charge is 2.17. The average molecular weight is 478 g/mol. The lowest BCUT2D eigenvalue weighted by molar-refractivity contribution is 0.102. The van der Waals surface area contributed by atoms with Gasteiger partial charge in [0.05, 0.1) is 28.6 Å². The van der Waals surface area contributed by atoms with Gasteiger partial charge in [-0.1, -0.05) is 30.8 Å². The third-order valence-electron chi connectivity index (χ3n) is 5.70. The van der Waals surface area contributed by atoms with Crippen LogP contribution in [0.1, 0.15) is 10.4 Å². The van der Waals surface area contributed by atoms with Crippen molar-refractivity contribution in [2.24, 2.45) is 0 Å². The molecule has 0 aliphatic carbocycles. The summed E-state index contributed by atoms with van der Waals surface area (Å²) in [7, 11) is 0. The van der Waals surface area contributed by atoms with Gasteiger partial charge in [-0.3, -0.25) is 18.9 Å². The van der Waals surface area contributed by atoms with Crippen molar-refractivity contribution in [3.05, 3.63) is 126 Å². The van der Waals surface area contributed by atoms with Crippen molar-refractivity contribution < 1.29 is 9.90 Å². The van der Waals surface area contributed by atoms with Crippen LogP contribution in [0, 0.1) is 0 Å². The van der Waals surface area contributed by atoms with Crippen molar-refractivity contribution >= 4 is 28.3 Å². The first-order valence-corrected chi connectivity index (χ1v) is 11.3. The van der Waals surface area contributed by atoms with Crippen molar-refractivity contribution in [1.82, 2.24) is 14.1 Å². The monoisotopic (exact) mass is 477 g/mol. The SMILES string of the molecule is C=CC(O)Nc1cccc(-n2c(=O)n(-c3ccc(NC(=O)c4ccccc4)cc3)c3cnccc32)c1. The molecule has 0 saturated carbocycles. The summed E-state index contributed by atoms with van der Waals surface area (Å²) in [5.41, 5.74) is 4.10. The number of nitrogens with one attached hydrogen (secondary N) is 2. The number of pyridine rings is 1. The minimum atomic E-state index is -0.914. The lowest BCUT2D eigenvalue weighted by atomic mass is 10.2. The van der Waals surface area contributed by atoms with Gasteiger partial charge in [0.25, 0.3) is 5.91 Å². The number of benzene rings is 3. The van der Waals surface area contributed by atoms with Crippen molar-refractivity contribution in [2.75, 3.05) is 10.6 Å². The lowest BCUT2D eigenvalue weighted by Crippen LogP contribution is -2.22. The van der Waals surface area contributed by atoms with Crippen LogP contribution in [0.3, 0.4) is 0 Å². The Kier molecular flexibility index (Phi) is 6.17. The summed E-state index contributed by atoms with van der Waals surface area (Å²) in [6.07, 6.45) is 3.74. The van der Waals surface area contributed by atoms with Gasteiger partial charge in [-0.05, 0) is 66.7 Å². The molecule has 0 fully saturated rings. The van der Waals surface area contributed by atoms with E-state index in [0.717, 1.165) is 0 Å². The van der Waals surface area contributed by atoms with E-state index < -0.39 is 6.23 Å². The summed E-state index contributed by atoms with van der Waals surface area (Å²) in [5, 5.41) is 15.6. The predicted octanol–water partition coefficient (Wildman–Crippen LogP) is 4.35. The van der Waals surface area contributed by atoms with Crippen molar-refractivity contribution in [2.45, 2.75) is 6.23 Å². The number of anilines is 2. The number of amides is 1. The highest BCUT2D eigenvalue weighted by Crippen LogP contribution is 2.23. The van der Waals surface area contributed by atoms with Crippen LogP contribution in [0.25, 0.3) is 22.4 Å². The van der Waals surface area contributed by atoms with Gasteiger partial charge in [-0.25, -0.2) is 4.79 Å². The maximum Gasteiger partial charge on any atom is 0.338 e. The van der Waals surface area contributed by atoms with Gasteiger partial charge in [0.15, 0.2) is 0 Å². The molecular weight excluding hydrogens is 454 g/mol. The number of aliphatic hydroxyl groups is 1. The first-order chi connectivity index (χ1) is 17.5. The van der Waals surface area contributed by atoms with E-state index in [2.05, 4.69) is 22.2 Å². The fraction of sp³-hybridized carbons (Fsp3) is 0.0357. The summed E-state index contributed by atoms with van der Waals surface area (Å²) in [4.78, 5) is 30.4. The number of nitrogens with zero attached hydrogens (tertiary/aromatic N) is 3. The molecule has 0 aliphatic heterocycles. The smallest absolute Gasteiger partial charge is 0.338 e. The first-order valence-electron chi connectivity index (χ1n) is 11.3. The molecular formula is C28H23N5O3. The molecule has 3 N–H and O–H groups in total. The van der Waals surface area contributed by atoms with Crippen LogP contribution in [-0.4, -0.2) is 31.4 Å². The Balaban J connectivity index is 1.52. The van der Waals surface area contributed by atoms with Gasteiger partial charge >= 0.3 is 5.69 Å². The van der Waals surface area contributed by atoms with Gasteiger partial charge < -0.3 is 15.7 Å². The molecule has 0 saturated heterocycles. The van der Waals surface area contributed by atoms with Gasteiger partial charge in [-0.15, -0.1) is 0 Å². The summed E-state index contributed by atoms with van der Waals surface area (Å²) >= 11 is 0. The topological polar surface area (TPSA) is 101 Å². The summed E-state index contributed by atoms with van der Waals surface area (Å²) in [5.74, 6) is -0.212. The molecule has 178 valence electrons. The zero-order chi connectivity index (χ0) is 25.1. The number of hydrogen-bond donors (Lipinski definition) is 3. The fourth-order valence-electron chi connectivity index (χ4n) is 4.00. The van der Waals surface area contributed by atoms with Crippen molar-refractivity contribution in [3.8, 4) is 11.4 Å². The van der Waals surface area contributed by atoms with Crippen LogP contribution in [0.4, 0.5) is 11.4 Å². The molecule has 1 unspecified atom stereocenters. The van der Waals surface area contributed by atoms with Crippen LogP contribution in [0.15, 0.2) is 115 Å². The molecule has 0 aliphatic rings. The average Bonchev–Trinajstić information content (AvgIpc) is 3.21. The van der Waals surface area contributed by atoms with Crippen molar-refractivity contribution in [1.29, 1.82) is 0 Å². The zero-order valence-electron chi connectivity index (χ0n) is 19.2. The third kappa shape index (κ3) is 4.40. The molecule has 1 atom stereocenters. The minimum absolute atomic E-state index is 0.212. The summed E-state index contributed by atoms with van der Waals surface area (Å²) in [6, 6.07) is 25.0. The second-order valence-corrected chi connectivity index (χ2v) is 8.06. The molecule has 5 aromatic rings. The van der Waals surface area contributed by atoms with E-state index in [0.29, 0.717) is 39.3 Å². The standard InChI is InChI=1S/C28H23N5O3/c1-2-26(34)30-21-9-6-10-23(17-21)33-24-15-16-29-18-25(24)32(28(33)36)22-13-11-20(12-14-22)31-27(35)19-7-4-3-5-8-19/h2-18,26,30,34H,1H2,(H,31,35). The van der Waals surface area contributed by atoms with Crippen LogP contribution in [-0.2, 0) is 0 Å². The molecule has 0 radical (unpaired) electrons. The summed E-state index contributed by atoms with van der Waals surface area (Å²) in [6.45, 7) is 3.57. The van der Waals surface area contributed by atoms with E-state index >= 15 is 0 Å². The van der Waals surface area contributed by atoms with Crippen LogP contribution in [0.5, 0.6) is 0 Å². The van der Waals surface area contributed by atoms with Crippen molar-refractivity contribution in [3.63, 3.8) is 0 Å². The number of carbonyl (C=O) groups excluding carboxylic acids is 1. The van der Waals surface area contributed by atoms with Crippen LogP contribution < -0.4 is 16.3 Å². The first kappa shape index (κ1) is 22.8. The third-order valence-corrected chi connectivity index (χ3v) is 5.70. The second kappa shape index (κ2) is 9.73. The predicted molar refractivity (Wildman–Crippen MR) is 141 cm³/mol. The molecule has 1 amide bonds. The number of carbonyl (C=O) groups is 1. The highest BCUT2D eigenvalue weighted by molar-refractivity contribution is 6.04. The van der Waals surface area contributed by atoms with E-state index in [1.54, 1.807) is 82.2 Å². The number of hydrogen-bond acceptors (Lipinski definition) is 5. The number of fused-ring (bicyclic) bond motifs is 1. The van der Waals surface area contributed by atoms with Gasteiger partial charge in [0, 0.05) is 23.1 Å². The molecule has 0 bridgehead atoms. The molecule has 0 spiro atoms. The largest absolute Gasteiger partial charge is 0.370 e. The minimum Gasteiger partial charge on any atom is -0.370 e. The molecule has 8 heteroatoms. The molecule has 2 aromatic heterocycles. The molecule has 5 rings (SSSR count). The Bertz CT molecular complexity index is 1600. The Hall–Kier alpha value is -4.95. The molecule has 8 nitrogen and oxygen atoms in total. The maximum atomic E-state index is 13.7. The van der Waals surface area contributed by atoms with E-state index in [1.165, 1.54) is 6.08 Å². The Morgan fingerprint density at radius 1 is 0.889 bits per heavy atom. The number of aliphatic hydroxyl groups excluding tert-OH is 1. The quantitative estimate of drug-likeness (QED) is 0.239. The van der Waals surface area contributed by atoms with Gasteiger partial charge in [0.1, 0.15) is 6.23 Å². The molecule has 2 heterocycles. The van der Waals surface area contributed by atoms with E-state index in [4.69, 9.17) is 0 Å². The lowest BCUT2D eigenvalue weighted by Gasteiger charge is -2.11. The Morgan fingerprint density at radius 2 is 1.64 bits per heavy atom. The molecule has 36 heavy (non-hydrogen) atoms. The van der Waals surface area contributed by atoms with E-state index in [9.17, 15) is 14.7 Å². The fourth-order valence-corrected chi connectivity index (χ4v) is 4.00. The normalized spacial score (nSPS) is 11.7. The van der Waals surface area contributed by atoms with E-state index in [1.807, 2.05) is 24.3 Å². The molecule has 3 aromatic carbocycles. The maximum absolute atomic E-state index is 13.7. The van der Waals surface area contributed by atoms with Crippen LogP contribution >= 0.6 is 0 Å². The van der Waals surface area contributed by atoms with Crippen LogP contribution in [0.2, 0.25) is 0 Å². The second-order valence-electron chi connectivity index (χ2n) is 8.06. The number of imidazole rings is 1. The Labute approximate surface area is 206 Å². The van der Waals surface area contributed by atoms with E-state index in [-0.39, 0.29) is 11.6 Å². The highest BCUT2D eigenvalue weighted by atomic mass is 16.3. The zero-order valence-corrected chi connectivity index (χ0v) is 19.2. The summed E-state index contributed by atoms with van der Waals surface area (Å²) < 4.78 is 3.16. The Morgan fingerprint density at radius 3 is 2.39 bits per heavy atom. The number of aromatic nitrogens is 3. The van der Waals surface area contributed by atoms with Gasteiger partial charge in [-0.2, -0.15) is 0 Å².